The van der Waals surface area contributed by atoms with Gasteiger partial charge in [-0.1, -0.05) is 11.6 Å². The van der Waals surface area contributed by atoms with Gasteiger partial charge >= 0.3 is 0 Å². The van der Waals surface area contributed by atoms with Crippen LogP contribution in [-0.2, 0) is 0 Å². The van der Waals surface area contributed by atoms with Crippen LogP contribution in [0.3, 0.4) is 0 Å². The van der Waals surface area contributed by atoms with Crippen LogP contribution in [0.5, 0.6) is 11.6 Å². The highest BCUT2D eigenvalue weighted by Crippen LogP contribution is 2.31. The summed E-state index contributed by atoms with van der Waals surface area (Å²) < 4.78 is 10.2. The number of nitrogens with one attached hydrogen (secondary N) is 1. The zero-order valence-corrected chi connectivity index (χ0v) is 11.4. The molecule has 0 fully saturated rings. The van der Waals surface area contributed by atoms with Crippen LogP contribution in [-0.4, -0.2) is 19.2 Å². The third-order valence-corrected chi connectivity index (χ3v) is 2.87. The number of anilines is 3. The molecule has 0 atom stereocenters. The van der Waals surface area contributed by atoms with Gasteiger partial charge in [0.25, 0.3) is 0 Å². The number of ether oxygens (including phenoxy) is 2. The quantitative estimate of drug-likeness (QED) is 0.900. The van der Waals surface area contributed by atoms with Gasteiger partial charge in [0, 0.05) is 12.1 Å². The van der Waals surface area contributed by atoms with Crippen LogP contribution >= 0.6 is 11.6 Å². The van der Waals surface area contributed by atoms with Crippen molar-refractivity contribution in [1.29, 1.82) is 0 Å². The number of rotatable bonds is 4. The van der Waals surface area contributed by atoms with Gasteiger partial charge in [-0.15, -0.1) is 0 Å². The minimum atomic E-state index is 0.468. The predicted octanol–water partition coefficient (Wildman–Crippen LogP) is 3.08. The molecule has 1 aromatic carbocycles. The first-order valence-corrected chi connectivity index (χ1v) is 5.93. The van der Waals surface area contributed by atoms with Crippen LogP contribution in [0.1, 0.15) is 0 Å². The molecule has 100 valence electrons. The van der Waals surface area contributed by atoms with Crippen molar-refractivity contribution in [2.24, 2.45) is 0 Å². The molecule has 0 aliphatic rings. The number of benzene rings is 1. The zero-order valence-electron chi connectivity index (χ0n) is 10.6. The highest BCUT2D eigenvalue weighted by atomic mass is 35.5. The number of nitrogens with two attached hydrogens (primary N) is 1. The van der Waals surface area contributed by atoms with Crippen molar-refractivity contribution in [1.82, 2.24) is 4.98 Å². The molecule has 0 aliphatic heterocycles. The Morgan fingerprint density at radius 3 is 2.63 bits per heavy atom. The summed E-state index contributed by atoms with van der Waals surface area (Å²) in [6.45, 7) is 0. The van der Waals surface area contributed by atoms with Gasteiger partial charge in [-0.05, 0) is 18.2 Å². The summed E-state index contributed by atoms with van der Waals surface area (Å²) in [4.78, 5) is 4.22. The van der Waals surface area contributed by atoms with Crippen LogP contribution in [0.4, 0.5) is 17.2 Å². The Balaban J connectivity index is 2.35. The summed E-state index contributed by atoms with van der Waals surface area (Å²) in [5.74, 6) is 1.64. The van der Waals surface area contributed by atoms with E-state index in [9.17, 15) is 0 Å². The fraction of sp³-hybridized carbons (Fsp3) is 0.154. The van der Waals surface area contributed by atoms with Crippen molar-refractivity contribution in [3.05, 3.63) is 35.4 Å². The Hall–Kier alpha value is -2.14. The topological polar surface area (TPSA) is 69.4 Å². The van der Waals surface area contributed by atoms with Gasteiger partial charge in [0.05, 0.1) is 30.6 Å². The molecule has 3 N–H and O–H groups in total. The lowest BCUT2D eigenvalue weighted by Gasteiger charge is -2.12. The number of halogens is 1. The van der Waals surface area contributed by atoms with E-state index in [1.807, 2.05) is 0 Å². The molecule has 0 radical (unpaired) electrons. The van der Waals surface area contributed by atoms with Gasteiger partial charge in [-0.3, -0.25) is 0 Å². The van der Waals surface area contributed by atoms with Crippen molar-refractivity contribution in [2.75, 3.05) is 25.3 Å². The summed E-state index contributed by atoms with van der Waals surface area (Å²) in [5.41, 5.74) is 7.02. The average Bonchev–Trinajstić information content (AvgIpc) is 2.43. The molecule has 0 amide bonds. The summed E-state index contributed by atoms with van der Waals surface area (Å²) in [6, 6.07) is 8.67. The Morgan fingerprint density at radius 1 is 1.16 bits per heavy atom. The van der Waals surface area contributed by atoms with Gasteiger partial charge in [0.2, 0.25) is 5.88 Å². The molecule has 0 spiro atoms. The van der Waals surface area contributed by atoms with Crippen molar-refractivity contribution in [3.63, 3.8) is 0 Å². The van der Waals surface area contributed by atoms with Gasteiger partial charge in [0.1, 0.15) is 5.75 Å². The fourth-order valence-corrected chi connectivity index (χ4v) is 1.69. The van der Waals surface area contributed by atoms with Crippen LogP contribution in [0.15, 0.2) is 30.3 Å². The predicted molar refractivity (Wildman–Crippen MR) is 76.5 cm³/mol. The lowest BCUT2D eigenvalue weighted by Crippen LogP contribution is -2.01. The standard InChI is InChI=1S/C13H14ClN3O2/c1-18-8-3-4-9(14)11(7-8)16-13-10(15)5-6-12(17-13)19-2/h3-7H,15H2,1-2H3,(H,16,17). The molecule has 5 nitrogen and oxygen atoms in total. The van der Waals surface area contributed by atoms with E-state index in [0.29, 0.717) is 33.8 Å². The van der Waals surface area contributed by atoms with Crippen LogP contribution in [0, 0.1) is 0 Å². The SMILES string of the molecule is COc1ccc(Cl)c(Nc2nc(OC)ccc2N)c1. The molecule has 0 bridgehead atoms. The van der Waals surface area contributed by atoms with E-state index in [2.05, 4.69) is 10.3 Å². The molecule has 0 saturated heterocycles. The van der Waals surface area contributed by atoms with Crippen molar-refractivity contribution < 1.29 is 9.47 Å². The fourth-order valence-electron chi connectivity index (χ4n) is 1.52. The van der Waals surface area contributed by atoms with Crippen molar-refractivity contribution >= 4 is 28.8 Å². The van der Waals surface area contributed by atoms with E-state index in [1.54, 1.807) is 44.6 Å². The molecule has 2 rings (SSSR count). The third kappa shape index (κ3) is 3.00. The second-order valence-corrected chi connectivity index (χ2v) is 4.17. The Kier molecular flexibility index (Phi) is 3.97. The van der Waals surface area contributed by atoms with Crippen molar-refractivity contribution in [3.8, 4) is 11.6 Å². The van der Waals surface area contributed by atoms with E-state index in [1.165, 1.54) is 0 Å². The lowest BCUT2D eigenvalue weighted by atomic mass is 10.3. The summed E-state index contributed by atoms with van der Waals surface area (Å²) in [5, 5.41) is 3.61. The molecule has 0 saturated carbocycles. The number of nitrogen functional groups attached to an aromatic ring is 1. The number of pyridine rings is 1. The Morgan fingerprint density at radius 2 is 1.95 bits per heavy atom. The molecule has 0 unspecified atom stereocenters. The Labute approximate surface area is 116 Å². The van der Waals surface area contributed by atoms with Gasteiger partial charge in [-0.25, -0.2) is 0 Å². The average molecular weight is 280 g/mol. The molecule has 1 heterocycles. The van der Waals surface area contributed by atoms with Crippen LogP contribution in [0.2, 0.25) is 5.02 Å². The molecule has 19 heavy (non-hydrogen) atoms. The van der Waals surface area contributed by atoms with Gasteiger partial charge in [-0.2, -0.15) is 4.98 Å². The normalized spacial score (nSPS) is 10.1. The zero-order chi connectivity index (χ0) is 13.8. The Bertz CT molecular complexity index is 539. The second-order valence-electron chi connectivity index (χ2n) is 3.76. The number of hydrogen-bond acceptors (Lipinski definition) is 5. The highest BCUT2D eigenvalue weighted by molar-refractivity contribution is 6.33. The summed E-state index contributed by atoms with van der Waals surface area (Å²) in [7, 11) is 3.13. The maximum absolute atomic E-state index is 6.11. The largest absolute Gasteiger partial charge is 0.497 e. The van der Waals surface area contributed by atoms with E-state index in [4.69, 9.17) is 26.8 Å². The van der Waals surface area contributed by atoms with E-state index in [0.717, 1.165) is 0 Å². The van der Waals surface area contributed by atoms with Gasteiger partial charge in [0.15, 0.2) is 5.82 Å². The first-order valence-electron chi connectivity index (χ1n) is 5.55. The maximum Gasteiger partial charge on any atom is 0.215 e. The number of hydrogen-bond donors (Lipinski definition) is 2. The van der Waals surface area contributed by atoms with Crippen LogP contribution < -0.4 is 20.5 Å². The van der Waals surface area contributed by atoms with E-state index < -0.39 is 0 Å². The summed E-state index contributed by atoms with van der Waals surface area (Å²) in [6.07, 6.45) is 0. The smallest absolute Gasteiger partial charge is 0.215 e. The minimum absolute atomic E-state index is 0.468. The molecule has 1 aromatic heterocycles. The molecule has 0 aliphatic carbocycles. The minimum Gasteiger partial charge on any atom is -0.497 e. The van der Waals surface area contributed by atoms with Crippen molar-refractivity contribution in [2.45, 2.75) is 0 Å². The van der Waals surface area contributed by atoms with Crippen LogP contribution in [0.25, 0.3) is 0 Å². The molecular weight excluding hydrogens is 266 g/mol. The number of aromatic nitrogens is 1. The monoisotopic (exact) mass is 279 g/mol. The van der Waals surface area contributed by atoms with E-state index in [-0.39, 0.29) is 0 Å². The maximum atomic E-state index is 6.11. The van der Waals surface area contributed by atoms with E-state index >= 15 is 0 Å². The van der Waals surface area contributed by atoms with Gasteiger partial charge < -0.3 is 20.5 Å². The highest BCUT2D eigenvalue weighted by Gasteiger charge is 2.07. The number of methoxy groups -OCH3 is 2. The second kappa shape index (κ2) is 5.67. The first kappa shape index (κ1) is 13.3. The molecule has 6 heteroatoms. The summed E-state index contributed by atoms with van der Waals surface area (Å²) >= 11 is 6.11. The first-order chi connectivity index (χ1) is 9.13. The number of nitrogens with zero attached hydrogens (tertiary/aromatic N) is 1. The third-order valence-electron chi connectivity index (χ3n) is 2.54. The lowest BCUT2D eigenvalue weighted by molar-refractivity contribution is 0.398. The molecule has 2 aromatic rings. The molecular formula is C13H14ClN3O2.